The van der Waals surface area contributed by atoms with E-state index in [1.807, 2.05) is 73.0 Å². The number of aryl methyl sites for hydroxylation is 1. The molecule has 0 unspecified atom stereocenters. The number of anilines is 1. The van der Waals surface area contributed by atoms with Crippen molar-refractivity contribution in [3.05, 3.63) is 89.9 Å². The number of rotatable bonds is 10. The van der Waals surface area contributed by atoms with Crippen molar-refractivity contribution >= 4 is 50.0 Å². The Bertz CT molecular complexity index is 1750. The predicted molar refractivity (Wildman–Crippen MR) is 159 cm³/mol. The highest BCUT2D eigenvalue weighted by Gasteiger charge is 2.28. The van der Waals surface area contributed by atoms with Gasteiger partial charge in [0, 0.05) is 28.7 Å². The van der Waals surface area contributed by atoms with Crippen LogP contribution in [0.3, 0.4) is 0 Å². The molecular formula is C33H33FN2O5. The lowest BCUT2D eigenvalue weighted by molar-refractivity contribution is -0.139. The summed E-state index contributed by atoms with van der Waals surface area (Å²) in [6, 6.07) is 21.5. The van der Waals surface area contributed by atoms with Gasteiger partial charge < -0.3 is 25.2 Å². The number of aliphatic hydroxyl groups is 2. The largest absolute Gasteiger partial charge is 0.481 e. The zero-order chi connectivity index (χ0) is 29.3. The van der Waals surface area contributed by atoms with Crippen molar-refractivity contribution in [2.24, 2.45) is 0 Å². The number of aliphatic carboxylic acids is 1. The van der Waals surface area contributed by atoms with Gasteiger partial charge in [-0.15, -0.1) is 0 Å². The summed E-state index contributed by atoms with van der Waals surface area (Å²) in [5.74, 6) is -1.87. The van der Waals surface area contributed by atoms with Gasteiger partial charge in [-0.25, -0.2) is 4.39 Å². The molecule has 0 saturated carbocycles. The Labute approximate surface area is 236 Å². The summed E-state index contributed by atoms with van der Waals surface area (Å²) in [5, 5.41) is 36.7. The van der Waals surface area contributed by atoms with E-state index in [4.69, 9.17) is 5.11 Å². The first kappa shape index (κ1) is 28.3. The highest BCUT2D eigenvalue weighted by atomic mass is 19.1. The highest BCUT2D eigenvalue weighted by molar-refractivity contribution is 6.30. The molecule has 1 aromatic heterocycles. The molecule has 2 atom stereocenters. The molecule has 8 heteroatoms. The van der Waals surface area contributed by atoms with Gasteiger partial charge in [0.15, 0.2) is 0 Å². The summed E-state index contributed by atoms with van der Waals surface area (Å²) in [6.07, 6.45) is -2.46. The van der Waals surface area contributed by atoms with Crippen LogP contribution in [0.15, 0.2) is 72.8 Å². The number of aliphatic hydroxyl groups excluding tert-OH is 2. The molecule has 0 saturated heterocycles. The zero-order valence-electron chi connectivity index (χ0n) is 23.0. The molecule has 0 aliphatic heterocycles. The third kappa shape index (κ3) is 5.66. The Morgan fingerprint density at radius 2 is 1.56 bits per heavy atom. The number of carboxylic acid groups (broad SMARTS) is 1. The molecular weight excluding hydrogens is 523 g/mol. The summed E-state index contributed by atoms with van der Waals surface area (Å²) in [5.41, 5.74) is 2.71. The van der Waals surface area contributed by atoms with Gasteiger partial charge in [-0.1, -0.05) is 56.3 Å². The molecule has 0 aliphatic rings. The first-order valence-electron chi connectivity index (χ1n) is 13.8. The smallest absolute Gasteiger partial charge is 0.305 e. The number of carbonyl (C=O) groups excluding carboxylic acids is 1. The third-order valence-corrected chi connectivity index (χ3v) is 7.47. The Morgan fingerprint density at radius 1 is 0.878 bits per heavy atom. The van der Waals surface area contributed by atoms with E-state index in [-0.39, 0.29) is 30.5 Å². The van der Waals surface area contributed by atoms with Crippen LogP contribution in [0.4, 0.5) is 10.1 Å². The fourth-order valence-corrected chi connectivity index (χ4v) is 5.83. The van der Waals surface area contributed by atoms with Crippen molar-refractivity contribution in [2.45, 2.75) is 57.8 Å². The van der Waals surface area contributed by atoms with E-state index in [0.29, 0.717) is 17.8 Å². The van der Waals surface area contributed by atoms with Gasteiger partial charge in [0.25, 0.3) is 5.91 Å². The monoisotopic (exact) mass is 556 g/mol. The van der Waals surface area contributed by atoms with E-state index in [1.165, 1.54) is 12.1 Å². The second-order valence-corrected chi connectivity index (χ2v) is 10.8. The quantitative estimate of drug-likeness (QED) is 0.148. The minimum Gasteiger partial charge on any atom is -0.481 e. The van der Waals surface area contributed by atoms with Crippen LogP contribution in [0.1, 0.15) is 55.1 Å². The standard InChI is InChI=1S/C33H33FN2O5/c1-19(2)31-30(33(41)35-21-8-4-3-5-9-21)29-25-11-7-6-10-24(25)27-16-20(34)12-13-26(27)32(29)36(31)15-14-22(37)17-23(38)18-28(39)40/h3-13,16,19,22-23,37-38H,14-15,17-18H2,1-2H3,(H,35,41)(H,39,40)/t22-,23-/m1/s1. The van der Waals surface area contributed by atoms with Gasteiger partial charge in [0.05, 0.1) is 29.7 Å². The minimum absolute atomic E-state index is 0.0846. The van der Waals surface area contributed by atoms with Gasteiger partial charge in [-0.05, 0) is 65.3 Å². The summed E-state index contributed by atoms with van der Waals surface area (Å²) in [6.45, 7) is 4.30. The van der Waals surface area contributed by atoms with Crippen molar-refractivity contribution < 1.29 is 29.3 Å². The first-order valence-corrected chi connectivity index (χ1v) is 13.8. The number of nitrogens with one attached hydrogen (secondary N) is 1. The molecule has 4 N–H and O–H groups in total. The first-order chi connectivity index (χ1) is 19.7. The number of hydrogen-bond acceptors (Lipinski definition) is 4. The van der Waals surface area contributed by atoms with Gasteiger partial charge in [-0.3, -0.25) is 9.59 Å². The maximum absolute atomic E-state index is 14.5. The number of hydrogen-bond donors (Lipinski definition) is 4. The number of carboxylic acids is 1. The fourth-order valence-electron chi connectivity index (χ4n) is 5.83. The molecule has 0 radical (unpaired) electrons. The molecule has 41 heavy (non-hydrogen) atoms. The summed E-state index contributed by atoms with van der Waals surface area (Å²) in [7, 11) is 0. The van der Waals surface area contributed by atoms with E-state index in [1.54, 1.807) is 6.07 Å². The topological polar surface area (TPSA) is 112 Å². The van der Waals surface area contributed by atoms with Crippen LogP contribution in [0.5, 0.6) is 0 Å². The molecule has 0 fully saturated rings. The van der Waals surface area contributed by atoms with E-state index in [0.717, 1.165) is 38.1 Å². The molecule has 5 rings (SSSR count). The number of carbonyl (C=O) groups is 2. The van der Waals surface area contributed by atoms with Crippen LogP contribution >= 0.6 is 0 Å². The Balaban J connectivity index is 1.74. The Kier molecular flexibility index (Phi) is 8.06. The molecule has 0 bridgehead atoms. The van der Waals surface area contributed by atoms with Crippen molar-refractivity contribution in [1.29, 1.82) is 0 Å². The molecule has 212 valence electrons. The zero-order valence-corrected chi connectivity index (χ0v) is 23.0. The van der Waals surface area contributed by atoms with Gasteiger partial charge in [0.1, 0.15) is 5.82 Å². The van der Waals surface area contributed by atoms with Gasteiger partial charge in [0.2, 0.25) is 0 Å². The number of nitrogens with zero attached hydrogens (tertiary/aromatic N) is 1. The Morgan fingerprint density at radius 3 is 2.24 bits per heavy atom. The van der Waals surface area contributed by atoms with Crippen LogP contribution < -0.4 is 5.32 Å². The molecule has 5 aromatic rings. The van der Waals surface area contributed by atoms with Crippen LogP contribution in [0, 0.1) is 5.82 Å². The molecule has 4 aromatic carbocycles. The lowest BCUT2D eigenvalue weighted by Crippen LogP contribution is -2.22. The van der Waals surface area contributed by atoms with Crippen LogP contribution in [-0.4, -0.2) is 44.0 Å². The molecule has 1 amide bonds. The van der Waals surface area contributed by atoms with Gasteiger partial charge in [-0.2, -0.15) is 0 Å². The normalized spacial score (nSPS) is 13.2. The average Bonchev–Trinajstić information content (AvgIpc) is 3.28. The molecule has 0 spiro atoms. The fraction of sp³-hybridized carbons (Fsp3) is 0.273. The van der Waals surface area contributed by atoms with Crippen molar-refractivity contribution in [1.82, 2.24) is 4.57 Å². The minimum atomic E-state index is -1.17. The molecule has 7 nitrogen and oxygen atoms in total. The number of fused-ring (bicyclic) bond motifs is 6. The summed E-state index contributed by atoms with van der Waals surface area (Å²) >= 11 is 0. The van der Waals surface area contributed by atoms with Crippen LogP contribution in [0.25, 0.3) is 32.4 Å². The lowest BCUT2D eigenvalue weighted by atomic mass is 9.94. The maximum Gasteiger partial charge on any atom is 0.305 e. The summed E-state index contributed by atoms with van der Waals surface area (Å²) in [4.78, 5) is 25.0. The summed E-state index contributed by atoms with van der Waals surface area (Å²) < 4.78 is 16.6. The van der Waals surface area contributed by atoms with E-state index >= 15 is 0 Å². The molecule has 1 heterocycles. The van der Waals surface area contributed by atoms with E-state index in [9.17, 15) is 24.2 Å². The van der Waals surface area contributed by atoms with Gasteiger partial charge >= 0.3 is 5.97 Å². The van der Waals surface area contributed by atoms with Crippen molar-refractivity contribution in [3.8, 4) is 0 Å². The second kappa shape index (κ2) is 11.7. The number of halogens is 1. The SMILES string of the molecule is CC(C)c1c(C(=O)Nc2ccccc2)c2c3ccccc3c3cc(F)ccc3c2n1CC[C@@H](O)C[C@@H](O)CC(=O)O. The van der Waals surface area contributed by atoms with Crippen molar-refractivity contribution in [3.63, 3.8) is 0 Å². The number of para-hydroxylation sites is 1. The van der Waals surface area contributed by atoms with Crippen LogP contribution in [-0.2, 0) is 11.3 Å². The van der Waals surface area contributed by atoms with E-state index in [2.05, 4.69) is 5.32 Å². The average molecular weight is 557 g/mol. The third-order valence-electron chi connectivity index (χ3n) is 7.47. The number of aromatic nitrogens is 1. The second-order valence-electron chi connectivity index (χ2n) is 10.8. The maximum atomic E-state index is 14.5. The predicted octanol–water partition coefficient (Wildman–Crippen LogP) is 6.44. The van der Waals surface area contributed by atoms with Crippen LogP contribution in [0.2, 0.25) is 0 Å². The number of amides is 1. The highest BCUT2D eigenvalue weighted by Crippen LogP contribution is 2.42. The Hall–Kier alpha value is -4.27. The number of benzene rings is 4. The van der Waals surface area contributed by atoms with E-state index < -0.39 is 24.6 Å². The molecule has 0 aliphatic carbocycles. The van der Waals surface area contributed by atoms with Crippen molar-refractivity contribution in [2.75, 3.05) is 5.32 Å². The lowest BCUT2D eigenvalue weighted by Gasteiger charge is -2.19.